The number of aryl methyl sites for hydroxylation is 1. The second kappa shape index (κ2) is 10.4. The third-order valence-electron chi connectivity index (χ3n) is 7.79. The van der Waals surface area contributed by atoms with Gasteiger partial charge in [0.05, 0.1) is 10.6 Å². The van der Waals surface area contributed by atoms with Crippen LogP contribution >= 0.6 is 0 Å². The molecule has 2 aliphatic rings. The Morgan fingerprint density at radius 2 is 1.84 bits per heavy atom. The number of fused-ring (bicyclic) bond motifs is 2. The number of nitrogens with one attached hydrogen (secondary N) is 1. The van der Waals surface area contributed by atoms with Crippen molar-refractivity contribution >= 4 is 26.7 Å². The number of halogens is 2. The molecule has 12 nitrogen and oxygen atoms in total. The van der Waals surface area contributed by atoms with E-state index in [0.29, 0.717) is 5.65 Å². The van der Waals surface area contributed by atoms with Crippen LogP contribution in [0.1, 0.15) is 42.8 Å². The molecular formula is C28H27F2N5O7S. The van der Waals surface area contributed by atoms with Gasteiger partial charge in [0.1, 0.15) is 30.3 Å². The first-order valence-electron chi connectivity index (χ1n) is 13.3. The van der Waals surface area contributed by atoms with Gasteiger partial charge in [-0.15, -0.1) is 0 Å². The summed E-state index contributed by atoms with van der Waals surface area (Å²) in [7, 11) is -3.17. The van der Waals surface area contributed by atoms with E-state index in [1.54, 1.807) is 24.6 Å². The van der Waals surface area contributed by atoms with E-state index in [0.717, 1.165) is 36.3 Å². The van der Waals surface area contributed by atoms with E-state index in [1.807, 2.05) is 13.0 Å². The van der Waals surface area contributed by atoms with E-state index in [-0.39, 0.29) is 11.1 Å². The Morgan fingerprint density at radius 3 is 2.53 bits per heavy atom. The number of nitro benzene ring substituents is 1. The minimum Gasteiger partial charge on any atom is -0.348 e. The largest absolute Gasteiger partial charge is 0.348 e. The molecule has 2 aromatic carbocycles. The van der Waals surface area contributed by atoms with Crippen LogP contribution in [0.3, 0.4) is 0 Å². The van der Waals surface area contributed by atoms with Crippen LogP contribution in [-0.4, -0.2) is 59.0 Å². The molecule has 4 heterocycles. The second-order valence-corrected chi connectivity index (χ2v) is 12.6. The maximum Gasteiger partial charge on any atom is 0.293 e. The molecule has 2 fully saturated rings. The van der Waals surface area contributed by atoms with Gasteiger partial charge in [0.15, 0.2) is 28.5 Å². The van der Waals surface area contributed by atoms with Crippen molar-refractivity contribution in [2.45, 2.75) is 61.9 Å². The van der Waals surface area contributed by atoms with Crippen LogP contribution in [0.25, 0.3) is 11.0 Å². The summed E-state index contributed by atoms with van der Waals surface area (Å²) in [6.45, 7) is 5.24. The number of para-hydroxylation sites is 1. The molecule has 0 saturated carbocycles. The van der Waals surface area contributed by atoms with Gasteiger partial charge in [-0.25, -0.2) is 31.9 Å². The molecule has 0 aliphatic carbocycles. The number of nitrogens with zero attached hydrogens (tertiary/aromatic N) is 4. The zero-order valence-electron chi connectivity index (χ0n) is 23.4. The molecule has 0 amide bonds. The van der Waals surface area contributed by atoms with Crippen molar-refractivity contribution in [3.63, 3.8) is 0 Å². The SMILES string of the molecule is CNS(=O)(=O)c1cccc([C@@H](c2ccc(F)c(F)c2)[C@H]2O[C@@H](n3ccc4c(C)ncnc43)[C@@H]3OC(C)(C)O[C@H]23)c1[N+](=O)[O-]. The molecule has 0 bridgehead atoms. The van der Waals surface area contributed by atoms with Gasteiger partial charge in [-0.1, -0.05) is 18.2 Å². The van der Waals surface area contributed by atoms with E-state index in [9.17, 15) is 27.3 Å². The first-order chi connectivity index (χ1) is 20.3. The summed E-state index contributed by atoms with van der Waals surface area (Å²) >= 11 is 0. The van der Waals surface area contributed by atoms with Gasteiger partial charge in [-0.05, 0) is 57.6 Å². The van der Waals surface area contributed by atoms with Crippen molar-refractivity contribution in [1.82, 2.24) is 19.3 Å². The molecule has 2 aromatic heterocycles. The predicted octanol–water partition coefficient (Wildman–Crippen LogP) is 4.08. The lowest BCUT2D eigenvalue weighted by Crippen LogP contribution is -2.35. The molecule has 0 radical (unpaired) electrons. The molecule has 5 atom stereocenters. The lowest BCUT2D eigenvalue weighted by atomic mass is 9.83. The Morgan fingerprint density at radius 1 is 1.09 bits per heavy atom. The summed E-state index contributed by atoms with van der Waals surface area (Å²) in [5, 5.41) is 13.3. The Kier molecular flexibility index (Phi) is 7.05. The van der Waals surface area contributed by atoms with Gasteiger partial charge in [0.2, 0.25) is 10.0 Å². The molecule has 4 aromatic rings. The first kappa shape index (κ1) is 29.2. The van der Waals surface area contributed by atoms with Gasteiger partial charge in [-0.3, -0.25) is 10.1 Å². The minimum absolute atomic E-state index is 0.0967. The van der Waals surface area contributed by atoms with Crippen LogP contribution < -0.4 is 4.72 Å². The fraction of sp³-hybridized carbons (Fsp3) is 0.357. The smallest absolute Gasteiger partial charge is 0.293 e. The number of nitro groups is 1. The molecule has 2 saturated heterocycles. The van der Waals surface area contributed by atoms with E-state index in [4.69, 9.17) is 14.2 Å². The number of rotatable bonds is 7. The number of hydrogen-bond acceptors (Lipinski definition) is 9. The quantitative estimate of drug-likeness (QED) is 0.240. The lowest BCUT2D eigenvalue weighted by molar-refractivity contribution is -0.388. The molecule has 43 heavy (non-hydrogen) atoms. The van der Waals surface area contributed by atoms with E-state index in [1.165, 1.54) is 24.5 Å². The van der Waals surface area contributed by atoms with Crippen LogP contribution in [0.15, 0.2) is 59.9 Å². The van der Waals surface area contributed by atoms with Gasteiger partial charge in [0, 0.05) is 23.1 Å². The predicted molar refractivity (Wildman–Crippen MR) is 148 cm³/mol. The zero-order valence-corrected chi connectivity index (χ0v) is 24.2. The highest BCUT2D eigenvalue weighted by molar-refractivity contribution is 7.89. The monoisotopic (exact) mass is 615 g/mol. The summed E-state index contributed by atoms with van der Waals surface area (Å²) in [4.78, 5) is 19.7. The van der Waals surface area contributed by atoms with Crippen LogP contribution in [0.4, 0.5) is 14.5 Å². The Labute approximate surface area is 244 Å². The number of aromatic nitrogens is 3. The Hall–Kier alpha value is -3.89. The summed E-state index contributed by atoms with van der Waals surface area (Å²) in [6.07, 6.45) is -0.423. The highest BCUT2D eigenvalue weighted by Gasteiger charge is 2.59. The van der Waals surface area contributed by atoms with Crippen LogP contribution in [0.2, 0.25) is 0 Å². The van der Waals surface area contributed by atoms with E-state index >= 15 is 0 Å². The summed E-state index contributed by atoms with van der Waals surface area (Å²) in [6, 6.07) is 8.73. The van der Waals surface area contributed by atoms with Crippen LogP contribution in [-0.2, 0) is 24.2 Å². The van der Waals surface area contributed by atoms with Gasteiger partial charge in [-0.2, -0.15) is 0 Å². The normalized spacial score (nSPS) is 23.9. The van der Waals surface area contributed by atoms with Gasteiger partial charge in [0.25, 0.3) is 5.69 Å². The highest BCUT2D eigenvalue weighted by atomic mass is 32.2. The summed E-state index contributed by atoms with van der Waals surface area (Å²) in [5.41, 5.74) is 0.553. The van der Waals surface area contributed by atoms with E-state index < -0.39 is 73.4 Å². The van der Waals surface area contributed by atoms with Crippen molar-refractivity contribution in [3.05, 3.63) is 93.6 Å². The third kappa shape index (κ3) is 4.86. The Bertz CT molecular complexity index is 1870. The van der Waals surface area contributed by atoms with Crippen molar-refractivity contribution < 1.29 is 36.3 Å². The topological polar surface area (TPSA) is 148 Å². The van der Waals surface area contributed by atoms with E-state index in [2.05, 4.69) is 14.7 Å². The van der Waals surface area contributed by atoms with Gasteiger partial charge < -0.3 is 18.8 Å². The van der Waals surface area contributed by atoms with Crippen molar-refractivity contribution in [2.75, 3.05) is 7.05 Å². The summed E-state index contributed by atoms with van der Waals surface area (Å²) in [5.74, 6) is -4.62. The number of sulfonamides is 1. The molecule has 1 N–H and O–H groups in total. The van der Waals surface area contributed by atoms with Gasteiger partial charge >= 0.3 is 0 Å². The third-order valence-corrected chi connectivity index (χ3v) is 9.23. The average Bonchev–Trinajstić information content (AvgIpc) is 3.62. The maximum atomic E-state index is 14.7. The van der Waals surface area contributed by atoms with Crippen molar-refractivity contribution in [1.29, 1.82) is 0 Å². The van der Waals surface area contributed by atoms with Crippen LogP contribution in [0, 0.1) is 28.7 Å². The highest BCUT2D eigenvalue weighted by Crippen LogP contribution is 2.51. The molecule has 15 heteroatoms. The average molecular weight is 616 g/mol. The lowest BCUT2D eigenvalue weighted by Gasteiger charge is -2.30. The standard InChI is InChI=1S/C28H27F2N5O7S/c1-14-16-10-11-34(26(16)33-13-32-14)27-25-24(41-28(2,3)42-25)23(40-27)21(15-8-9-18(29)19(30)12-15)17-6-5-7-20(22(17)35(36)37)43(38,39)31-4/h5-13,21,23-25,27,31H,1-4H3/t21-,23-,24-,25-,27-/m1/s1. The molecule has 6 rings (SSSR count). The molecule has 226 valence electrons. The van der Waals surface area contributed by atoms with Crippen LogP contribution in [0.5, 0.6) is 0 Å². The minimum atomic E-state index is -4.30. The molecule has 2 aliphatic heterocycles. The molecule has 0 spiro atoms. The Balaban J connectivity index is 1.58. The number of benzene rings is 2. The second-order valence-electron chi connectivity index (χ2n) is 10.8. The number of hydrogen-bond donors (Lipinski definition) is 1. The fourth-order valence-electron chi connectivity index (χ4n) is 5.97. The molecule has 0 unspecified atom stereocenters. The van der Waals surface area contributed by atoms with Crippen molar-refractivity contribution in [3.8, 4) is 0 Å². The summed E-state index contributed by atoms with van der Waals surface area (Å²) < 4.78 is 77.5. The number of ether oxygens (including phenoxy) is 3. The maximum absolute atomic E-state index is 14.7. The fourth-order valence-corrected chi connectivity index (χ4v) is 6.89. The van der Waals surface area contributed by atoms with Crippen molar-refractivity contribution in [2.24, 2.45) is 0 Å². The first-order valence-corrected chi connectivity index (χ1v) is 14.8. The molecular weight excluding hydrogens is 588 g/mol. The zero-order chi connectivity index (χ0) is 30.8.